The number of hydrogen-bond acceptors (Lipinski definition) is 6. The van der Waals surface area contributed by atoms with E-state index in [4.69, 9.17) is 9.40 Å². The highest BCUT2D eigenvalue weighted by molar-refractivity contribution is 7.09. The van der Waals surface area contributed by atoms with Gasteiger partial charge < -0.3 is 4.42 Å². The second-order valence-corrected chi connectivity index (χ2v) is 7.32. The number of thiazole rings is 1. The zero-order valence-electron chi connectivity index (χ0n) is 13.9. The summed E-state index contributed by atoms with van der Waals surface area (Å²) in [6, 6.07) is 3.75. The van der Waals surface area contributed by atoms with Crippen LogP contribution in [0.25, 0.3) is 11.6 Å². The summed E-state index contributed by atoms with van der Waals surface area (Å²) in [6.45, 7) is 7.14. The van der Waals surface area contributed by atoms with E-state index in [1.165, 1.54) is 16.3 Å². The van der Waals surface area contributed by atoms with Crippen molar-refractivity contribution >= 4 is 11.3 Å². The summed E-state index contributed by atoms with van der Waals surface area (Å²) in [5.41, 5.74) is 3.50. The molecule has 0 radical (unpaired) electrons. The quantitative estimate of drug-likeness (QED) is 0.721. The van der Waals surface area contributed by atoms with E-state index in [1.54, 1.807) is 17.6 Å². The number of rotatable bonds is 4. The standard InChI is InChI=1S/C18H20N4OS/c1-12(2)18-20-14(11-24-18)10-22-6-5-15-13(9-22)8-19-17(21-15)16-4-3-7-23-16/h3-4,7-8,11-12H,5-6,9-10H2,1-2H3. The molecule has 124 valence electrons. The lowest BCUT2D eigenvalue weighted by Crippen LogP contribution is -2.31. The van der Waals surface area contributed by atoms with Gasteiger partial charge in [0.2, 0.25) is 0 Å². The summed E-state index contributed by atoms with van der Waals surface area (Å²) in [4.78, 5) is 16.3. The summed E-state index contributed by atoms with van der Waals surface area (Å²) in [5.74, 6) is 1.90. The van der Waals surface area contributed by atoms with Gasteiger partial charge in [0, 0.05) is 49.1 Å². The highest BCUT2D eigenvalue weighted by atomic mass is 32.1. The van der Waals surface area contributed by atoms with Crippen LogP contribution >= 0.6 is 11.3 Å². The Bertz CT molecular complexity index is 825. The molecule has 0 saturated carbocycles. The topological polar surface area (TPSA) is 55.1 Å². The van der Waals surface area contributed by atoms with Gasteiger partial charge in [0.1, 0.15) is 0 Å². The Balaban J connectivity index is 1.47. The van der Waals surface area contributed by atoms with E-state index in [2.05, 4.69) is 34.1 Å². The molecule has 0 N–H and O–H groups in total. The molecule has 5 nitrogen and oxygen atoms in total. The maximum Gasteiger partial charge on any atom is 0.195 e. The van der Waals surface area contributed by atoms with E-state index < -0.39 is 0 Å². The molecule has 4 heterocycles. The van der Waals surface area contributed by atoms with Crippen LogP contribution in [0.15, 0.2) is 34.4 Å². The number of fused-ring (bicyclic) bond motifs is 1. The smallest absolute Gasteiger partial charge is 0.195 e. The second-order valence-electron chi connectivity index (χ2n) is 6.44. The number of nitrogens with zero attached hydrogens (tertiary/aromatic N) is 4. The second kappa shape index (κ2) is 6.45. The minimum absolute atomic E-state index is 0.499. The SMILES string of the molecule is CC(C)c1nc(CN2CCc3nc(-c4ccco4)ncc3C2)cs1. The van der Waals surface area contributed by atoms with E-state index in [0.717, 1.165) is 37.5 Å². The fourth-order valence-electron chi connectivity index (χ4n) is 2.92. The Morgan fingerprint density at radius 1 is 1.33 bits per heavy atom. The summed E-state index contributed by atoms with van der Waals surface area (Å²) >= 11 is 1.76. The molecular formula is C18H20N4OS. The average molecular weight is 340 g/mol. The maximum atomic E-state index is 5.39. The molecule has 0 aromatic carbocycles. The van der Waals surface area contributed by atoms with Crippen molar-refractivity contribution in [1.82, 2.24) is 19.9 Å². The maximum absolute atomic E-state index is 5.39. The van der Waals surface area contributed by atoms with E-state index >= 15 is 0 Å². The molecule has 0 aliphatic carbocycles. The molecule has 0 bridgehead atoms. The lowest BCUT2D eigenvalue weighted by Gasteiger charge is -2.27. The van der Waals surface area contributed by atoms with Crippen LogP contribution in [0.2, 0.25) is 0 Å². The third-order valence-electron chi connectivity index (χ3n) is 4.20. The number of hydrogen-bond donors (Lipinski definition) is 0. The van der Waals surface area contributed by atoms with Crippen molar-refractivity contribution in [3.05, 3.63) is 51.9 Å². The van der Waals surface area contributed by atoms with Gasteiger partial charge in [-0.1, -0.05) is 13.8 Å². The van der Waals surface area contributed by atoms with Crippen LogP contribution in [0.3, 0.4) is 0 Å². The van der Waals surface area contributed by atoms with Gasteiger partial charge in [-0.15, -0.1) is 11.3 Å². The molecule has 6 heteroatoms. The Labute approximate surface area is 145 Å². The van der Waals surface area contributed by atoms with Crippen molar-refractivity contribution in [2.75, 3.05) is 6.54 Å². The van der Waals surface area contributed by atoms with Gasteiger partial charge in [-0.25, -0.2) is 15.0 Å². The highest BCUT2D eigenvalue weighted by Crippen LogP contribution is 2.24. The third kappa shape index (κ3) is 3.12. The zero-order valence-corrected chi connectivity index (χ0v) is 14.7. The average Bonchev–Trinajstić information content (AvgIpc) is 3.26. The molecule has 1 aliphatic heterocycles. The molecule has 3 aromatic rings. The molecule has 4 rings (SSSR count). The van der Waals surface area contributed by atoms with Gasteiger partial charge in [-0.3, -0.25) is 4.90 Å². The first kappa shape index (κ1) is 15.5. The van der Waals surface area contributed by atoms with E-state index in [-0.39, 0.29) is 0 Å². The Morgan fingerprint density at radius 3 is 3.00 bits per heavy atom. The Kier molecular flexibility index (Phi) is 4.16. The first-order valence-electron chi connectivity index (χ1n) is 8.24. The molecule has 0 amide bonds. The third-order valence-corrected chi connectivity index (χ3v) is 5.40. The van der Waals surface area contributed by atoms with E-state index in [9.17, 15) is 0 Å². The Morgan fingerprint density at radius 2 is 2.25 bits per heavy atom. The van der Waals surface area contributed by atoms with Crippen molar-refractivity contribution in [3.8, 4) is 11.6 Å². The monoisotopic (exact) mass is 340 g/mol. The largest absolute Gasteiger partial charge is 0.461 e. The minimum Gasteiger partial charge on any atom is -0.461 e. The minimum atomic E-state index is 0.499. The predicted octanol–water partition coefficient (Wildman–Crippen LogP) is 3.87. The van der Waals surface area contributed by atoms with Crippen molar-refractivity contribution < 1.29 is 4.42 Å². The molecule has 0 fully saturated rings. The molecule has 1 aliphatic rings. The van der Waals surface area contributed by atoms with Crippen LogP contribution in [0.5, 0.6) is 0 Å². The lowest BCUT2D eigenvalue weighted by molar-refractivity contribution is 0.240. The van der Waals surface area contributed by atoms with Crippen LogP contribution < -0.4 is 0 Å². The van der Waals surface area contributed by atoms with E-state index in [1.807, 2.05) is 18.3 Å². The summed E-state index contributed by atoms with van der Waals surface area (Å²) in [6.07, 6.45) is 4.53. The van der Waals surface area contributed by atoms with Crippen LogP contribution in [-0.4, -0.2) is 26.4 Å². The van der Waals surface area contributed by atoms with Crippen LogP contribution in [0, 0.1) is 0 Å². The van der Waals surface area contributed by atoms with Gasteiger partial charge in [0.15, 0.2) is 11.6 Å². The van der Waals surface area contributed by atoms with Crippen molar-refractivity contribution in [3.63, 3.8) is 0 Å². The van der Waals surface area contributed by atoms with Crippen LogP contribution in [0.1, 0.15) is 41.7 Å². The van der Waals surface area contributed by atoms with Gasteiger partial charge in [-0.05, 0) is 12.1 Å². The summed E-state index contributed by atoms with van der Waals surface area (Å²) in [7, 11) is 0. The molecule has 0 unspecified atom stereocenters. The molecule has 0 saturated heterocycles. The van der Waals surface area contributed by atoms with Gasteiger partial charge in [0.05, 0.1) is 22.7 Å². The number of furan rings is 1. The van der Waals surface area contributed by atoms with Gasteiger partial charge in [0.25, 0.3) is 0 Å². The molecule has 24 heavy (non-hydrogen) atoms. The predicted molar refractivity (Wildman–Crippen MR) is 93.8 cm³/mol. The molecular weight excluding hydrogens is 320 g/mol. The highest BCUT2D eigenvalue weighted by Gasteiger charge is 2.20. The Hall–Kier alpha value is -2.05. The summed E-state index contributed by atoms with van der Waals surface area (Å²) in [5, 5.41) is 3.40. The van der Waals surface area contributed by atoms with Gasteiger partial charge >= 0.3 is 0 Å². The molecule has 0 spiro atoms. The van der Waals surface area contributed by atoms with E-state index in [0.29, 0.717) is 11.7 Å². The fraction of sp³-hybridized carbons (Fsp3) is 0.389. The lowest BCUT2D eigenvalue weighted by atomic mass is 10.1. The normalized spacial score (nSPS) is 15.0. The van der Waals surface area contributed by atoms with Crippen LogP contribution in [0.4, 0.5) is 0 Å². The van der Waals surface area contributed by atoms with Crippen molar-refractivity contribution in [1.29, 1.82) is 0 Å². The fourth-order valence-corrected chi connectivity index (χ4v) is 3.75. The first-order valence-corrected chi connectivity index (χ1v) is 9.12. The van der Waals surface area contributed by atoms with Gasteiger partial charge in [-0.2, -0.15) is 0 Å². The first-order chi connectivity index (χ1) is 11.7. The van der Waals surface area contributed by atoms with Crippen molar-refractivity contribution in [2.24, 2.45) is 0 Å². The van der Waals surface area contributed by atoms with Crippen molar-refractivity contribution in [2.45, 2.75) is 39.3 Å². The van der Waals surface area contributed by atoms with Crippen LogP contribution in [-0.2, 0) is 19.5 Å². The molecule has 3 aromatic heterocycles. The number of aromatic nitrogens is 3. The molecule has 0 atom stereocenters. The zero-order chi connectivity index (χ0) is 16.5. The summed E-state index contributed by atoms with van der Waals surface area (Å²) < 4.78 is 5.39.